The summed E-state index contributed by atoms with van der Waals surface area (Å²) in [5, 5.41) is 2.94. The van der Waals surface area contributed by atoms with Crippen LogP contribution in [0.15, 0.2) is 30.3 Å². The molecule has 0 spiro atoms. The van der Waals surface area contributed by atoms with Gasteiger partial charge in [-0.3, -0.25) is 4.79 Å². The molecule has 7 heteroatoms. The van der Waals surface area contributed by atoms with Crippen molar-refractivity contribution in [3.63, 3.8) is 0 Å². The van der Waals surface area contributed by atoms with E-state index in [-0.39, 0.29) is 12.0 Å². The summed E-state index contributed by atoms with van der Waals surface area (Å²) in [5.41, 5.74) is 2.03. The first-order chi connectivity index (χ1) is 13.0. The molecule has 3 heterocycles. The van der Waals surface area contributed by atoms with Crippen LogP contribution in [-0.4, -0.2) is 29.7 Å². The molecule has 4 rings (SSSR count). The lowest BCUT2D eigenvalue weighted by molar-refractivity contribution is 0.0851. The lowest BCUT2D eigenvalue weighted by Crippen LogP contribution is -2.33. The molecule has 1 aromatic carbocycles. The fourth-order valence-electron chi connectivity index (χ4n) is 3.45. The number of aryl methyl sites for hydroxylation is 1. The number of thiophene rings is 1. The number of rotatable bonds is 5. The van der Waals surface area contributed by atoms with Gasteiger partial charge in [0, 0.05) is 24.6 Å². The van der Waals surface area contributed by atoms with Crippen molar-refractivity contribution in [1.82, 2.24) is 9.88 Å². The highest BCUT2D eigenvalue weighted by molar-refractivity contribution is 7.19. The maximum Gasteiger partial charge on any atom is 0.268 e. The number of ether oxygens (including phenoxy) is 1. The molecular formula is C20H20F2N2O2S. The molecular weight excluding hydrogens is 370 g/mol. The van der Waals surface area contributed by atoms with Crippen LogP contribution in [0, 0.1) is 18.6 Å². The monoisotopic (exact) mass is 390 g/mol. The van der Waals surface area contributed by atoms with E-state index in [1.807, 2.05) is 23.6 Å². The summed E-state index contributed by atoms with van der Waals surface area (Å²) in [6, 6.07) is 7.70. The van der Waals surface area contributed by atoms with Crippen molar-refractivity contribution >= 4 is 27.5 Å². The molecule has 0 saturated carbocycles. The Kier molecular flexibility index (Phi) is 4.97. The maximum absolute atomic E-state index is 13.6. The number of carbonyl (C=O) groups excluding carboxylic acids is 1. The minimum Gasteiger partial charge on any atom is -0.376 e. The van der Waals surface area contributed by atoms with Gasteiger partial charge in [0.25, 0.3) is 5.91 Å². The number of nitrogens with zero attached hydrogens (tertiary/aromatic N) is 1. The third-order valence-corrected chi connectivity index (χ3v) is 5.77. The van der Waals surface area contributed by atoms with Gasteiger partial charge in [0.2, 0.25) is 0 Å². The highest BCUT2D eigenvalue weighted by atomic mass is 32.1. The van der Waals surface area contributed by atoms with Crippen molar-refractivity contribution in [3.05, 3.63) is 58.1 Å². The van der Waals surface area contributed by atoms with Crippen LogP contribution >= 0.6 is 11.3 Å². The first kappa shape index (κ1) is 18.1. The highest BCUT2D eigenvalue weighted by Crippen LogP contribution is 2.29. The number of hydrogen-bond donors (Lipinski definition) is 1. The summed E-state index contributed by atoms with van der Waals surface area (Å²) in [7, 11) is 0. The molecule has 142 valence electrons. The molecule has 1 N–H and O–H groups in total. The van der Waals surface area contributed by atoms with Gasteiger partial charge in [-0.2, -0.15) is 0 Å². The minimum atomic E-state index is -0.887. The topological polar surface area (TPSA) is 43.3 Å². The summed E-state index contributed by atoms with van der Waals surface area (Å²) in [4.78, 5) is 13.9. The Morgan fingerprint density at radius 1 is 1.30 bits per heavy atom. The number of amides is 1. The molecule has 1 fully saturated rings. The normalized spacial score (nSPS) is 16.9. The Hall–Kier alpha value is -2.25. The van der Waals surface area contributed by atoms with E-state index in [0.717, 1.165) is 40.6 Å². The summed E-state index contributed by atoms with van der Waals surface area (Å²) in [6.45, 7) is 3.51. The van der Waals surface area contributed by atoms with E-state index in [2.05, 4.69) is 5.32 Å². The van der Waals surface area contributed by atoms with Crippen LogP contribution in [-0.2, 0) is 11.3 Å². The van der Waals surface area contributed by atoms with Crippen molar-refractivity contribution < 1.29 is 18.3 Å². The van der Waals surface area contributed by atoms with E-state index in [1.165, 1.54) is 12.1 Å². The van der Waals surface area contributed by atoms with Gasteiger partial charge in [-0.05, 0) is 49.6 Å². The lowest BCUT2D eigenvalue weighted by Gasteiger charge is -2.13. The number of aromatic nitrogens is 1. The van der Waals surface area contributed by atoms with Crippen LogP contribution < -0.4 is 5.32 Å². The van der Waals surface area contributed by atoms with Crippen LogP contribution in [0.3, 0.4) is 0 Å². The van der Waals surface area contributed by atoms with Gasteiger partial charge in [-0.25, -0.2) is 8.78 Å². The number of nitrogens with one attached hydrogen (secondary N) is 1. The predicted octanol–water partition coefficient (Wildman–Crippen LogP) is 4.25. The van der Waals surface area contributed by atoms with Crippen molar-refractivity contribution in [2.75, 3.05) is 13.2 Å². The molecule has 1 saturated heterocycles. The van der Waals surface area contributed by atoms with Crippen LogP contribution in [0.1, 0.15) is 33.8 Å². The largest absolute Gasteiger partial charge is 0.376 e. The van der Waals surface area contributed by atoms with Crippen molar-refractivity contribution in [1.29, 1.82) is 0 Å². The van der Waals surface area contributed by atoms with Gasteiger partial charge in [0.05, 0.1) is 16.3 Å². The van der Waals surface area contributed by atoms with Crippen LogP contribution in [0.2, 0.25) is 0 Å². The van der Waals surface area contributed by atoms with Crippen molar-refractivity contribution in [2.45, 2.75) is 32.4 Å². The number of fused-ring (bicyclic) bond motifs is 1. The summed E-state index contributed by atoms with van der Waals surface area (Å²) < 4.78 is 35.2. The van der Waals surface area contributed by atoms with E-state index in [9.17, 15) is 13.6 Å². The standard InChI is InChI=1S/C20H20F2N2O2S/c1-12-7-17-19(27-12)9-18(20(25)23-10-14-3-2-6-26-14)24(17)11-13-4-5-15(21)16(22)8-13/h4-5,7-9,14H,2-3,6,10-11H2,1H3,(H,23,25)/t14-/m0/s1. The Bertz CT molecular complexity index is 989. The van der Waals surface area contributed by atoms with Crippen LogP contribution in [0.4, 0.5) is 8.78 Å². The van der Waals surface area contributed by atoms with E-state index in [0.29, 0.717) is 24.3 Å². The Morgan fingerprint density at radius 3 is 2.89 bits per heavy atom. The SMILES string of the molecule is Cc1cc2c(cc(C(=O)NC[C@@H]3CCCO3)n2Cc2ccc(F)c(F)c2)s1. The second kappa shape index (κ2) is 7.40. The lowest BCUT2D eigenvalue weighted by atomic mass is 10.2. The summed E-state index contributed by atoms with van der Waals surface area (Å²) >= 11 is 1.60. The fourth-order valence-corrected chi connectivity index (χ4v) is 4.41. The molecule has 27 heavy (non-hydrogen) atoms. The molecule has 0 radical (unpaired) electrons. The van der Waals surface area contributed by atoms with Gasteiger partial charge in [0.15, 0.2) is 11.6 Å². The van der Waals surface area contributed by atoms with Gasteiger partial charge in [-0.1, -0.05) is 6.07 Å². The minimum absolute atomic E-state index is 0.0620. The Balaban J connectivity index is 1.63. The zero-order chi connectivity index (χ0) is 19.0. The third kappa shape index (κ3) is 3.75. The van der Waals surface area contributed by atoms with E-state index < -0.39 is 11.6 Å². The molecule has 1 aliphatic heterocycles. The second-order valence-corrected chi connectivity index (χ2v) is 8.10. The molecule has 0 aliphatic carbocycles. The number of halogens is 2. The van der Waals surface area contributed by atoms with Gasteiger partial charge in [0.1, 0.15) is 5.69 Å². The van der Waals surface area contributed by atoms with Crippen LogP contribution in [0.25, 0.3) is 10.2 Å². The first-order valence-electron chi connectivity index (χ1n) is 8.94. The zero-order valence-electron chi connectivity index (χ0n) is 14.9. The molecule has 1 amide bonds. The van der Waals surface area contributed by atoms with Crippen LogP contribution in [0.5, 0.6) is 0 Å². The average Bonchev–Trinajstić information content (AvgIpc) is 3.34. The molecule has 0 bridgehead atoms. The molecule has 3 aromatic rings. The number of hydrogen-bond acceptors (Lipinski definition) is 3. The molecule has 4 nitrogen and oxygen atoms in total. The first-order valence-corrected chi connectivity index (χ1v) is 9.76. The maximum atomic E-state index is 13.6. The van der Waals surface area contributed by atoms with Gasteiger partial charge in [-0.15, -0.1) is 11.3 Å². The van der Waals surface area contributed by atoms with Gasteiger partial charge < -0.3 is 14.6 Å². The molecule has 0 unspecified atom stereocenters. The average molecular weight is 390 g/mol. The van der Waals surface area contributed by atoms with E-state index >= 15 is 0 Å². The van der Waals surface area contributed by atoms with E-state index in [1.54, 1.807) is 11.3 Å². The highest BCUT2D eigenvalue weighted by Gasteiger charge is 2.21. The fraction of sp³-hybridized carbons (Fsp3) is 0.350. The summed E-state index contributed by atoms with van der Waals surface area (Å²) in [5.74, 6) is -1.95. The summed E-state index contributed by atoms with van der Waals surface area (Å²) in [6.07, 6.45) is 2.03. The predicted molar refractivity (Wildman–Crippen MR) is 101 cm³/mol. The second-order valence-electron chi connectivity index (χ2n) is 6.82. The molecule has 1 atom stereocenters. The van der Waals surface area contributed by atoms with E-state index in [4.69, 9.17) is 4.74 Å². The Morgan fingerprint density at radius 2 is 2.15 bits per heavy atom. The van der Waals surface area contributed by atoms with Gasteiger partial charge >= 0.3 is 0 Å². The molecule has 2 aromatic heterocycles. The smallest absolute Gasteiger partial charge is 0.268 e. The Labute approximate surface area is 159 Å². The van der Waals surface area contributed by atoms with Crippen molar-refractivity contribution in [3.8, 4) is 0 Å². The number of benzene rings is 1. The third-order valence-electron chi connectivity index (χ3n) is 4.78. The van der Waals surface area contributed by atoms with Crippen molar-refractivity contribution in [2.24, 2.45) is 0 Å². The zero-order valence-corrected chi connectivity index (χ0v) is 15.7. The molecule has 1 aliphatic rings. The number of carbonyl (C=O) groups is 1. The quantitative estimate of drug-likeness (QED) is 0.708.